The minimum absolute atomic E-state index is 0.0945. The van der Waals surface area contributed by atoms with Gasteiger partial charge in [-0.3, -0.25) is 9.59 Å². The van der Waals surface area contributed by atoms with Crippen molar-refractivity contribution in [3.05, 3.63) is 28.2 Å². The van der Waals surface area contributed by atoms with Crippen molar-refractivity contribution in [2.45, 2.75) is 19.2 Å². The summed E-state index contributed by atoms with van der Waals surface area (Å²) in [6.07, 6.45) is -0.313. The molecule has 0 saturated carbocycles. The smallest absolute Gasteiger partial charge is 0.295 e. The molecule has 1 heterocycles. The highest BCUT2D eigenvalue weighted by molar-refractivity contribution is 9.10. The maximum absolute atomic E-state index is 11.4. The van der Waals surface area contributed by atoms with E-state index in [9.17, 15) is 14.7 Å². The summed E-state index contributed by atoms with van der Waals surface area (Å²) in [7, 11) is 0. The number of benzene rings is 1. The predicted octanol–water partition coefficient (Wildman–Crippen LogP) is 1.39. The van der Waals surface area contributed by atoms with Gasteiger partial charge in [0.05, 0.1) is 17.4 Å². The summed E-state index contributed by atoms with van der Waals surface area (Å²) in [5, 5.41) is 9.77. The van der Waals surface area contributed by atoms with Gasteiger partial charge in [0.1, 0.15) is 5.75 Å². The Labute approximate surface area is 106 Å². The van der Waals surface area contributed by atoms with Gasteiger partial charge in [0.25, 0.3) is 6.47 Å². The molecular formula is C11H10BrNO4. The number of nitrogens with zero attached hydrogens (tertiary/aromatic N) is 1. The molecule has 1 N–H and O–H groups in total. The van der Waals surface area contributed by atoms with Crippen molar-refractivity contribution in [1.82, 2.24) is 4.90 Å². The molecule has 0 radical (unpaired) electrons. The molecule has 1 amide bonds. The van der Waals surface area contributed by atoms with Crippen LogP contribution in [0.2, 0.25) is 0 Å². The van der Waals surface area contributed by atoms with Crippen LogP contribution in [-0.4, -0.2) is 28.6 Å². The van der Waals surface area contributed by atoms with Crippen molar-refractivity contribution in [3.8, 4) is 5.75 Å². The number of amides is 1. The Morgan fingerprint density at radius 3 is 3.00 bits per heavy atom. The number of phenols is 1. The molecule has 1 aliphatic heterocycles. The number of hydrogen-bond donors (Lipinski definition) is 1. The second-order valence-corrected chi connectivity index (χ2v) is 4.51. The van der Waals surface area contributed by atoms with Crippen LogP contribution in [0.15, 0.2) is 22.7 Å². The Morgan fingerprint density at radius 2 is 2.35 bits per heavy atom. The van der Waals surface area contributed by atoms with Gasteiger partial charge in [-0.2, -0.15) is 0 Å². The molecular weight excluding hydrogens is 290 g/mol. The second-order valence-electron chi connectivity index (χ2n) is 3.66. The summed E-state index contributed by atoms with van der Waals surface area (Å²) < 4.78 is 5.30. The molecule has 1 aliphatic rings. The minimum Gasteiger partial charge on any atom is -0.506 e. The van der Waals surface area contributed by atoms with Gasteiger partial charge in [-0.1, -0.05) is 12.1 Å². The quantitative estimate of drug-likeness (QED) is 0.674. The van der Waals surface area contributed by atoms with Crippen LogP contribution in [0, 0.1) is 0 Å². The second kappa shape index (κ2) is 4.75. The lowest BCUT2D eigenvalue weighted by molar-refractivity contribution is -0.177. The highest BCUT2D eigenvalue weighted by atomic mass is 79.9. The number of aromatic hydroxyl groups is 1. The Morgan fingerprint density at radius 1 is 1.59 bits per heavy atom. The monoisotopic (exact) mass is 299 g/mol. The molecule has 2 rings (SSSR count). The average Bonchev–Trinajstić information content (AvgIpc) is 2.31. The normalized spacial score (nSPS) is 18.8. The largest absolute Gasteiger partial charge is 0.506 e. The molecule has 0 aromatic heterocycles. The lowest BCUT2D eigenvalue weighted by atomic mass is 10.1. The number of para-hydroxylation sites is 1. The molecule has 0 bridgehead atoms. The summed E-state index contributed by atoms with van der Waals surface area (Å²) in [5.74, 6) is -0.00622. The number of carbonyl (C=O) groups is 2. The number of carbonyl (C=O) groups excluding carboxylic acids is 2. The molecule has 90 valence electrons. The summed E-state index contributed by atoms with van der Waals surface area (Å²) >= 11 is 3.20. The van der Waals surface area contributed by atoms with Crippen molar-refractivity contribution in [1.29, 1.82) is 0 Å². The molecule has 1 saturated heterocycles. The first kappa shape index (κ1) is 11.9. The van der Waals surface area contributed by atoms with E-state index in [2.05, 4.69) is 15.9 Å². The molecule has 0 aliphatic carbocycles. The molecule has 1 aromatic carbocycles. The van der Waals surface area contributed by atoms with E-state index in [0.29, 0.717) is 16.5 Å². The fourth-order valence-corrected chi connectivity index (χ4v) is 2.08. The lowest BCUT2D eigenvalue weighted by Gasteiger charge is -2.38. The van der Waals surface area contributed by atoms with E-state index < -0.39 is 6.23 Å². The predicted molar refractivity (Wildman–Crippen MR) is 61.9 cm³/mol. The van der Waals surface area contributed by atoms with Crippen LogP contribution < -0.4 is 0 Å². The standard InChI is InChI=1S/C11H10BrNO4/c12-8-3-1-2-7(11(8)16)5-13-9(15)4-10(13)17-6-14/h1-3,6,10,16H,4-5H2. The SMILES string of the molecule is O=COC1CC(=O)N1Cc1cccc(Br)c1O. The van der Waals surface area contributed by atoms with Gasteiger partial charge < -0.3 is 14.7 Å². The van der Waals surface area contributed by atoms with Crippen molar-refractivity contribution < 1.29 is 19.4 Å². The van der Waals surface area contributed by atoms with E-state index in [0.717, 1.165) is 0 Å². The Hall–Kier alpha value is -1.56. The Balaban J connectivity index is 2.12. The third-order valence-corrected chi connectivity index (χ3v) is 3.28. The molecule has 1 atom stereocenters. The highest BCUT2D eigenvalue weighted by Gasteiger charge is 2.37. The van der Waals surface area contributed by atoms with Crippen LogP contribution in [-0.2, 0) is 20.9 Å². The van der Waals surface area contributed by atoms with Gasteiger partial charge in [-0.15, -0.1) is 0 Å². The fraction of sp³-hybridized carbons (Fsp3) is 0.273. The number of phenolic OH excluding ortho intramolecular Hbond substituents is 1. The van der Waals surface area contributed by atoms with Gasteiger partial charge in [-0.05, 0) is 22.0 Å². The number of β-lactam (4-membered cyclic amide) rings is 1. The third-order valence-electron chi connectivity index (χ3n) is 2.64. The van der Waals surface area contributed by atoms with E-state index in [1.165, 1.54) is 4.90 Å². The Kier molecular flexibility index (Phi) is 3.33. The van der Waals surface area contributed by atoms with E-state index in [4.69, 9.17) is 4.74 Å². The molecule has 6 heteroatoms. The summed E-state index contributed by atoms with van der Waals surface area (Å²) in [4.78, 5) is 23.0. The zero-order chi connectivity index (χ0) is 12.4. The van der Waals surface area contributed by atoms with Gasteiger partial charge in [0.2, 0.25) is 5.91 Å². The van der Waals surface area contributed by atoms with Gasteiger partial charge in [0.15, 0.2) is 6.23 Å². The van der Waals surface area contributed by atoms with Gasteiger partial charge >= 0.3 is 0 Å². The van der Waals surface area contributed by atoms with Crippen LogP contribution >= 0.6 is 15.9 Å². The van der Waals surface area contributed by atoms with Crippen molar-refractivity contribution in [3.63, 3.8) is 0 Å². The van der Waals surface area contributed by atoms with E-state index >= 15 is 0 Å². The number of likely N-dealkylation sites (tertiary alicyclic amines) is 1. The molecule has 1 fully saturated rings. The van der Waals surface area contributed by atoms with Crippen LogP contribution in [0.1, 0.15) is 12.0 Å². The summed E-state index contributed by atoms with van der Waals surface area (Å²) in [6, 6.07) is 5.18. The first-order valence-electron chi connectivity index (χ1n) is 4.98. The molecule has 17 heavy (non-hydrogen) atoms. The first-order chi connectivity index (χ1) is 8.13. The average molecular weight is 300 g/mol. The van der Waals surface area contributed by atoms with Crippen molar-refractivity contribution in [2.24, 2.45) is 0 Å². The molecule has 1 unspecified atom stereocenters. The van der Waals surface area contributed by atoms with Crippen molar-refractivity contribution in [2.75, 3.05) is 0 Å². The van der Waals surface area contributed by atoms with E-state index in [1.807, 2.05) is 0 Å². The van der Waals surface area contributed by atoms with Crippen LogP contribution in [0.4, 0.5) is 0 Å². The maximum atomic E-state index is 11.4. The van der Waals surface area contributed by atoms with Crippen LogP contribution in [0.25, 0.3) is 0 Å². The molecule has 5 nitrogen and oxygen atoms in total. The topological polar surface area (TPSA) is 66.8 Å². The van der Waals surface area contributed by atoms with Crippen LogP contribution in [0.5, 0.6) is 5.75 Å². The maximum Gasteiger partial charge on any atom is 0.295 e. The number of rotatable bonds is 4. The minimum atomic E-state index is -0.515. The van der Waals surface area contributed by atoms with Gasteiger partial charge in [-0.25, -0.2) is 0 Å². The highest BCUT2D eigenvalue weighted by Crippen LogP contribution is 2.31. The molecule has 1 aromatic rings. The number of hydrogen-bond acceptors (Lipinski definition) is 4. The van der Waals surface area contributed by atoms with Crippen LogP contribution in [0.3, 0.4) is 0 Å². The number of ether oxygens (including phenoxy) is 1. The Bertz CT molecular complexity index is 461. The van der Waals surface area contributed by atoms with Gasteiger partial charge in [0, 0.05) is 5.56 Å². The zero-order valence-electron chi connectivity index (χ0n) is 8.80. The fourth-order valence-electron chi connectivity index (χ4n) is 1.67. The van der Waals surface area contributed by atoms with E-state index in [-0.39, 0.29) is 24.6 Å². The van der Waals surface area contributed by atoms with E-state index in [1.54, 1.807) is 18.2 Å². The third kappa shape index (κ3) is 2.26. The lowest BCUT2D eigenvalue weighted by Crippen LogP contribution is -2.53. The van der Waals surface area contributed by atoms with Crippen molar-refractivity contribution >= 4 is 28.3 Å². The summed E-state index contributed by atoms with van der Waals surface area (Å²) in [5.41, 5.74) is 0.604. The number of halogens is 1. The summed E-state index contributed by atoms with van der Waals surface area (Å²) in [6.45, 7) is 0.549. The molecule has 0 spiro atoms. The first-order valence-corrected chi connectivity index (χ1v) is 5.77. The zero-order valence-corrected chi connectivity index (χ0v) is 10.4.